The second-order valence-electron chi connectivity index (χ2n) is 7.92. The van der Waals surface area contributed by atoms with Gasteiger partial charge in [0.1, 0.15) is 12.4 Å². The van der Waals surface area contributed by atoms with Crippen LogP contribution in [0.1, 0.15) is 42.9 Å². The molecule has 1 aromatic heterocycles. The summed E-state index contributed by atoms with van der Waals surface area (Å²) in [7, 11) is 0. The number of carbonyl (C=O) groups excluding carboxylic acids is 1. The second-order valence-corrected chi connectivity index (χ2v) is 8.36. The molecule has 1 saturated carbocycles. The summed E-state index contributed by atoms with van der Waals surface area (Å²) >= 11 is 5.79. The number of nitrogens with zero attached hydrogens (tertiary/aromatic N) is 2. The Kier molecular flexibility index (Phi) is 6.01. The number of primary amides is 1. The van der Waals surface area contributed by atoms with E-state index < -0.39 is 0 Å². The van der Waals surface area contributed by atoms with Crippen molar-refractivity contribution in [3.8, 4) is 5.88 Å². The average molecular weight is 418 g/mol. The molecule has 2 N–H and O–H groups in total. The van der Waals surface area contributed by atoms with Gasteiger partial charge in [0.2, 0.25) is 11.8 Å². The fraction of sp³-hybridized carbons (Fsp3) is 0.455. The lowest BCUT2D eigenvalue weighted by molar-refractivity contribution is -0.124. The number of ether oxygens (including phenoxy) is 1. The van der Waals surface area contributed by atoms with E-state index in [1.54, 1.807) is 18.2 Å². The Morgan fingerprint density at radius 2 is 2.00 bits per heavy atom. The second kappa shape index (κ2) is 8.67. The molecule has 1 amide bonds. The number of nitrogens with two attached hydrogens (primary N) is 1. The van der Waals surface area contributed by atoms with Gasteiger partial charge in [0, 0.05) is 28.3 Å². The maximum atomic E-state index is 13.9. The van der Waals surface area contributed by atoms with Crippen molar-refractivity contribution >= 4 is 17.5 Å². The van der Waals surface area contributed by atoms with E-state index in [2.05, 4.69) is 9.88 Å². The number of hydrogen-bond donors (Lipinski definition) is 1. The highest BCUT2D eigenvalue weighted by Crippen LogP contribution is 2.38. The predicted molar refractivity (Wildman–Crippen MR) is 109 cm³/mol. The van der Waals surface area contributed by atoms with E-state index in [-0.39, 0.29) is 24.4 Å². The molecule has 5 nitrogen and oxygen atoms in total. The van der Waals surface area contributed by atoms with Gasteiger partial charge in [-0.25, -0.2) is 9.37 Å². The first-order chi connectivity index (χ1) is 14.0. The molecule has 29 heavy (non-hydrogen) atoms. The minimum atomic E-state index is -0.388. The number of rotatable bonds is 7. The van der Waals surface area contributed by atoms with Crippen molar-refractivity contribution in [2.24, 2.45) is 11.7 Å². The van der Waals surface area contributed by atoms with Gasteiger partial charge in [0.25, 0.3) is 0 Å². The maximum Gasteiger partial charge on any atom is 0.235 e. The normalized spacial score (nSPS) is 19.1. The molecular formula is C22H25ClFN3O2. The molecule has 4 rings (SSSR count). The van der Waals surface area contributed by atoms with Crippen LogP contribution in [0, 0.1) is 11.7 Å². The van der Waals surface area contributed by atoms with Gasteiger partial charge >= 0.3 is 0 Å². The lowest BCUT2D eigenvalue weighted by Crippen LogP contribution is -2.49. The summed E-state index contributed by atoms with van der Waals surface area (Å²) in [5.41, 5.74) is 7.04. The molecule has 1 atom stereocenters. The number of hydrogen-bond acceptors (Lipinski definition) is 4. The molecule has 1 aliphatic carbocycles. The van der Waals surface area contributed by atoms with Gasteiger partial charge < -0.3 is 10.5 Å². The molecule has 0 spiro atoms. The fourth-order valence-corrected chi connectivity index (χ4v) is 4.28. The topological polar surface area (TPSA) is 68.5 Å². The van der Waals surface area contributed by atoms with Crippen LogP contribution < -0.4 is 10.5 Å². The highest BCUT2D eigenvalue weighted by atomic mass is 35.5. The van der Waals surface area contributed by atoms with Crippen LogP contribution in [0.5, 0.6) is 5.88 Å². The highest BCUT2D eigenvalue weighted by Gasteiger charge is 2.40. The molecule has 1 unspecified atom stereocenters. The van der Waals surface area contributed by atoms with Gasteiger partial charge in [0.05, 0.1) is 6.04 Å². The number of benzene rings is 1. The van der Waals surface area contributed by atoms with E-state index in [4.69, 9.17) is 22.1 Å². The summed E-state index contributed by atoms with van der Waals surface area (Å²) in [5, 5.41) is 0.359. The summed E-state index contributed by atoms with van der Waals surface area (Å²) in [5.74, 6) is 0.642. The minimum Gasteiger partial charge on any atom is -0.473 e. The van der Waals surface area contributed by atoms with Gasteiger partial charge in [0.15, 0.2) is 0 Å². The Morgan fingerprint density at radius 3 is 2.66 bits per heavy atom. The Bertz CT molecular complexity index is 882. The third kappa shape index (κ3) is 4.87. The lowest BCUT2D eigenvalue weighted by atomic mass is 9.91. The molecule has 2 heterocycles. The molecule has 2 aliphatic rings. The molecule has 2 fully saturated rings. The lowest BCUT2D eigenvalue weighted by Gasteiger charge is -2.36. The van der Waals surface area contributed by atoms with Crippen molar-refractivity contribution in [3.05, 3.63) is 58.5 Å². The van der Waals surface area contributed by atoms with Crippen LogP contribution in [-0.4, -0.2) is 34.9 Å². The minimum absolute atomic E-state index is 0.0968. The first kappa shape index (κ1) is 20.1. The van der Waals surface area contributed by atoms with Crippen LogP contribution in [0.2, 0.25) is 5.02 Å². The van der Waals surface area contributed by atoms with Crippen LogP contribution in [0.25, 0.3) is 0 Å². The number of halogens is 2. The standard InChI is InChI=1S/C22H25ClFN3O2/c23-17-7-6-16(18(24)12-17)13-29-20-3-1-2-19(26-20)14-8-10-27(11-9-14)21(22(25)28)15-4-5-15/h1-3,6-7,12,14-15,21H,4-5,8-11,13H2,(H2,25,28). The largest absolute Gasteiger partial charge is 0.473 e. The quantitative estimate of drug-likeness (QED) is 0.741. The Balaban J connectivity index is 1.36. The third-order valence-electron chi connectivity index (χ3n) is 5.84. The number of amides is 1. The van der Waals surface area contributed by atoms with Crippen molar-refractivity contribution in [3.63, 3.8) is 0 Å². The SMILES string of the molecule is NC(=O)C(C1CC1)N1CCC(c2cccc(OCc3ccc(Cl)cc3F)n2)CC1. The fourth-order valence-electron chi connectivity index (χ4n) is 4.12. The van der Waals surface area contributed by atoms with E-state index in [1.165, 1.54) is 6.07 Å². The van der Waals surface area contributed by atoms with Crippen molar-refractivity contribution < 1.29 is 13.9 Å². The summed E-state index contributed by atoms with van der Waals surface area (Å²) < 4.78 is 19.6. The number of likely N-dealkylation sites (tertiary alicyclic amines) is 1. The van der Waals surface area contributed by atoms with Crippen molar-refractivity contribution in [1.82, 2.24) is 9.88 Å². The molecule has 7 heteroatoms. The van der Waals surface area contributed by atoms with Crippen molar-refractivity contribution in [2.45, 2.75) is 44.2 Å². The van der Waals surface area contributed by atoms with Crippen molar-refractivity contribution in [2.75, 3.05) is 13.1 Å². The van der Waals surface area contributed by atoms with Crippen LogP contribution in [0.15, 0.2) is 36.4 Å². The number of pyridine rings is 1. The van der Waals surface area contributed by atoms with Crippen LogP contribution in [0.4, 0.5) is 4.39 Å². The van der Waals surface area contributed by atoms with E-state index in [0.717, 1.165) is 44.5 Å². The zero-order chi connectivity index (χ0) is 20.4. The van der Waals surface area contributed by atoms with Crippen LogP contribution in [-0.2, 0) is 11.4 Å². The molecule has 2 aromatic rings. The highest BCUT2D eigenvalue weighted by molar-refractivity contribution is 6.30. The smallest absolute Gasteiger partial charge is 0.235 e. The molecule has 154 valence electrons. The molecule has 1 aromatic carbocycles. The van der Waals surface area contributed by atoms with Crippen LogP contribution >= 0.6 is 11.6 Å². The summed E-state index contributed by atoms with van der Waals surface area (Å²) in [6, 6.07) is 10.1. The van der Waals surface area contributed by atoms with E-state index in [0.29, 0.717) is 28.3 Å². The summed E-state index contributed by atoms with van der Waals surface area (Å²) in [6.07, 6.45) is 4.06. The predicted octanol–water partition coefficient (Wildman–Crippen LogP) is 3.90. The molecule has 0 radical (unpaired) electrons. The average Bonchev–Trinajstić information content (AvgIpc) is 3.53. The summed E-state index contributed by atoms with van der Waals surface area (Å²) in [6.45, 7) is 1.79. The maximum absolute atomic E-state index is 13.9. The van der Waals surface area contributed by atoms with Gasteiger partial charge in [-0.15, -0.1) is 0 Å². The Morgan fingerprint density at radius 1 is 1.24 bits per heavy atom. The van der Waals surface area contributed by atoms with E-state index in [9.17, 15) is 9.18 Å². The summed E-state index contributed by atoms with van der Waals surface area (Å²) in [4.78, 5) is 18.7. The zero-order valence-corrected chi connectivity index (χ0v) is 16.9. The van der Waals surface area contributed by atoms with Gasteiger partial charge in [-0.2, -0.15) is 0 Å². The first-order valence-electron chi connectivity index (χ1n) is 10.1. The van der Waals surface area contributed by atoms with Gasteiger partial charge in [-0.05, 0) is 62.9 Å². The molecule has 1 saturated heterocycles. The van der Waals surface area contributed by atoms with Gasteiger partial charge in [-0.1, -0.05) is 23.7 Å². The molecular weight excluding hydrogens is 393 g/mol. The number of piperidine rings is 1. The first-order valence-corrected chi connectivity index (χ1v) is 10.5. The van der Waals surface area contributed by atoms with Crippen molar-refractivity contribution in [1.29, 1.82) is 0 Å². The van der Waals surface area contributed by atoms with E-state index >= 15 is 0 Å². The zero-order valence-electron chi connectivity index (χ0n) is 16.2. The number of aromatic nitrogens is 1. The number of carbonyl (C=O) groups is 1. The Labute approximate surface area is 175 Å². The molecule has 1 aliphatic heterocycles. The van der Waals surface area contributed by atoms with Gasteiger partial charge in [-0.3, -0.25) is 9.69 Å². The monoisotopic (exact) mass is 417 g/mol. The third-order valence-corrected chi connectivity index (χ3v) is 6.07. The van der Waals surface area contributed by atoms with Crippen LogP contribution in [0.3, 0.4) is 0 Å². The Hall–Kier alpha value is -2.18. The molecule has 0 bridgehead atoms. The van der Waals surface area contributed by atoms with E-state index in [1.807, 2.05) is 12.1 Å².